The van der Waals surface area contributed by atoms with Gasteiger partial charge in [0.05, 0.1) is 0 Å². The summed E-state index contributed by atoms with van der Waals surface area (Å²) in [5.41, 5.74) is 2.02. The Kier molecular flexibility index (Phi) is 6.84. The minimum absolute atomic E-state index is 0. The maximum absolute atomic E-state index is 12.1. The molecule has 0 radical (unpaired) electrons. The van der Waals surface area contributed by atoms with Gasteiger partial charge in [-0.05, 0) is 31.5 Å². The summed E-state index contributed by atoms with van der Waals surface area (Å²) in [6.45, 7) is 2.14. The van der Waals surface area contributed by atoms with Crippen molar-refractivity contribution >= 4 is 24.0 Å². The Labute approximate surface area is 120 Å². The fourth-order valence-electron chi connectivity index (χ4n) is 2.18. The number of hydrogen-bond acceptors (Lipinski definition) is 3. The quantitative estimate of drug-likeness (QED) is 0.891. The number of rotatable bonds is 4. The first-order chi connectivity index (χ1) is 8.81. The number of carbonyl (C=O) groups is 1. The molecule has 5 heteroatoms. The Hall–Kier alpha value is -1.10. The van der Waals surface area contributed by atoms with Crippen LogP contribution in [0.15, 0.2) is 24.3 Å². The summed E-state index contributed by atoms with van der Waals surface area (Å²) in [6.07, 6.45) is 1.64. The van der Waals surface area contributed by atoms with Crippen LogP contribution in [-0.4, -0.2) is 26.2 Å². The van der Waals surface area contributed by atoms with Gasteiger partial charge in [0, 0.05) is 31.4 Å². The van der Waals surface area contributed by atoms with Crippen LogP contribution in [0.1, 0.15) is 18.4 Å². The van der Waals surface area contributed by atoms with Crippen LogP contribution in [0, 0.1) is 5.92 Å². The van der Waals surface area contributed by atoms with E-state index in [1.807, 2.05) is 31.3 Å². The molecule has 2 N–H and O–H groups in total. The molecule has 0 bridgehead atoms. The highest BCUT2D eigenvalue weighted by molar-refractivity contribution is 5.93. The number of amides is 1. The van der Waals surface area contributed by atoms with E-state index in [4.69, 9.17) is 4.74 Å². The van der Waals surface area contributed by atoms with Crippen molar-refractivity contribution in [3.63, 3.8) is 0 Å². The van der Waals surface area contributed by atoms with Crippen LogP contribution in [0.5, 0.6) is 0 Å². The van der Waals surface area contributed by atoms with Gasteiger partial charge in [-0.2, -0.15) is 0 Å². The summed E-state index contributed by atoms with van der Waals surface area (Å²) in [4.78, 5) is 12.1. The summed E-state index contributed by atoms with van der Waals surface area (Å²) >= 11 is 0. The van der Waals surface area contributed by atoms with Gasteiger partial charge in [-0.25, -0.2) is 0 Å². The van der Waals surface area contributed by atoms with Crippen molar-refractivity contribution in [1.29, 1.82) is 0 Å². The summed E-state index contributed by atoms with van der Waals surface area (Å²) in [6, 6.07) is 7.90. The Balaban J connectivity index is 0.00000180. The molecule has 1 heterocycles. The highest BCUT2D eigenvalue weighted by Crippen LogP contribution is 2.20. The number of anilines is 1. The van der Waals surface area contributed by atoms with Crippen LogP contribution in [0.25, 0.3) is 0 Å². The molecular weight excluding hydrogens is 264 g/mol. The molecule has 1 aliphatic rings. The zero-order valence-corrected chi connectivity index (χ0v) is 12.0. The van der Waals surface area contributed by atoms with E-state index < -0.39 is 0 Å². The average molecular weight is 285 g/mol. The van der Waals surface area contributed by atoms with Gasteiger partial charge in [0.15, 0.2) is 0 Å². The van der Waals surface area contributed by atoms with Crippen molar-refractivity contribution in [1.82, 2.24) is 5.32 Å². The minimum atomic E-state index is 0. The molecule has 1 aromatic rings. The fourth-order valence-corrected chi connectivity index (χ4v) is 2.18. The van der Waals surface area contributed by atoms with Crippen molar-refractivity contribution < 1.29 is 9.53 Å². The first-order valence-corrected chi connectivity index (χ1v) is 6.42. The van der Waals surface area contributed by atoms with E-state index in [-0.39, 0.29) is 24.2 Å². The second-order valence-electron chi connectivity index (χ2n) is 4.56. The van der Waals surface area contributed by atoms with E-state index in [0.717, 1.165) is 30.6 Å². The average Bonchev–Trinajstić information content (AvgIpc) is 2.42. The number of nitrogens with one attached hydrogen (secondary N) is 2. The first kappa shape index (κ1) is 16.0. The van der Waals surface area contributed by atoms with Crippen molar-refractivity contribution in [3.8, 4) is 0 Å². The molecule has 1 aliphatic heterocycles. The van der Waals surface area contributed by atoms with Crippen LogP contribution in [0.2, 0.25) is 0 Å². The third-order valence-electron chi connectivity index (χ3n) is 3.23. The van der Waals surface area contributed by atoms with Gasteiger partial charge in [0.25, 0.3) is 0 Å². The third kappa shape index (κ3) is 4.49. The SMILES string of the molecule is CNCc1ccccc1NC(=O)C1CCOCC1.Cl. The van der Waals surface area contributed by atoms with Crippen LogP contribution >= 0.6 is 12.4 Å². The number of ether oxygens (including phenoxy) is 1. The zero-order valence-electron chi connectivity index (χ0n) is 11.1. The molecule has 1 saturated heterocycles. The Bertz CT molecular complexity index is 406. The van der Waals surface area contributed by atoms with Crippen molar-refractivity contribution in [2.75, 3.05) is 25.6 Å². The standard InChI is InChI=1S/C14H20N2O2.ClH/c1-15-10-12-4-2-3-5-13(12)16-14(17)11-6-8-18-9-7-11;/h2-5,11,15H,6-10H2,1H3,(H,16,17);1H. The molecule has 0 aliphatic carbocycles. The first-order valence-electron chi connectivity index (χ1n) is 6.42. The molecule has 0 spiro atoms. The lowest BCUT2D eigenvalue weighted by Gasteiger charge is -2.22. The highest BCUT2D eigenvalue weighted by atomic mass is 35.5. The molecule has 0 aromatic heterocycles. The van der Waals surface area contributed by atoms with E-state index in [1.165, 1.54) is 0 Å². The molecular formula is C14H21ClN2O2. The molecule has 1 aromatic carbocycles. The molecule has 1 amide bonds. The Morgan fingerprint density at radius 1 is 1.32 bits per heavy atom. The largest absolute Gasteiger partial charge is 0.381 e. The predicted octanol–water partition coefficient (Wildman–Crippen LogP) is 2.19. The lowest BCUT2D eigenvalue weighted by molar-refractivity contribution is -0.122. The molecule has 0 saturated carbocycles. The normalized spacial score (nSPS) is 15.6. The molecule has 0 unspecified atom stereocenters. The highest BCUT2D eigenvalue weighted by Gasteiger charge is 2.21. The molecule has 1 fully saturated rings. The van der Waals surface area contributed by atoms with Crippen LogP contribution < -0.4 is 10.6 Å². The molecule has 106 valence electrons. The van der Waals surface area contributed by atoms with Crippen LogP contribution in [0.4, 0.5) is 5.69 Å². The number of hydrogen-bond donors (Lipinski definition) is 2. The number of benzene rings is 1. The monoisotopic (exact) mass is 284 g/mol. The topological polar surface area (TPSA) is 50.4 Å². The Morgan fingerprint density at radius 2 is 2.00 bits per heavy atom. The van der Waals surface area contributed by atoms with Crippen molar-refractivity contribution in [2.45, 2.75) is 19.4 Å². The predicted molar refractivity (Wildman–Crippen MR) is 78.6 cm³/mol. The van der Waals surface area contributed by atoms with E-state index in [9.17, 15) is 4.79 Å². The zero-order chi connectivity index (χ0) is 12.8. The fraction of sp³-hybridized carbons (Fsp3) is 0.500. The van der Waals surface area contributed by atoms with Gasteiger partial charge in [-0.15, -0.1) is 12.4 Å². The summed E-state index contributed by atoms with van der Waals surface area (Å²) < 4.78 is 5.27. The smallest absolute Gasteiger partial charge is 0.227 e. The maximum Gasteiger partial charge on any atom is 0.227 e. The van der Waals surface area contributed by atoms with Crippen molar-refractivity contribution in [3.05, 3.63) is 29.8 Å². The van der Waals surface area contributed by atoms with E-state index in [0.29, 0.717) is 13.2 Å². The van der Waals surface area contributed by atoms with Crippen LogP contribution in [0.3, 0.4) is 0 Å². The van der Waals surface area contributed by atoms with Gasteiger partial charge < -0.3 is 15.4 Å². The lowest BCUT2D eigenvalue weighted by atomic mass is 9.99. The minimum Gasteiger partial charge on any atom is -0.381 e. The van der Waals surface area contributed by atoms with Crippen LogP contribution in [-0.2, 0) is 16.1 Å². The van der Waals surface area contributed by atoms with Gasteiger partial charge in [0.2, 0.25) is 5.91 Å². The van der Waals surface area contributed by atoms with Gasteiger partial charge in [-0.1, -0.05) is 18.2 Å². The third-order valence-corrected chi connectivity index (χ3v) is 3.23. The number of para-hydroxylation sites is 1. The van der Waals surface area contributed by atoms with E-state index in [1.54, 1.807) is 0 Å². The molecule has 0 atom stereocenters. The summed E-state index contributed by atoms with van der Waals surface area (Å²) in [5.74, 6) is 0.197. The van der Waals surface area contributed by atoms with Gasteiger partial charge >= 0.3 is 0 Å². The molecule has 2 rings (SSSR count). The summed E-state index contributed by atoms with van der Waals surface area (Å²) in [7, 11) is 1.90. The van der Waals surface area contributed by atoms with E-state index >= 15 is 0 Å². The number of carbonyl (C=O) groups excluding carboxylic acids is 1. The van der Waals surface area contributed by atoms with E-state index in [2.05, 4.69) is 10.6 Å². The second-order valence-corrected chi connectivity index (χ2v) is 4.56. The number of halogens is 1. The Morgan fingerprint density at radius 3 is 2.68 bits per heavy atom. The lowest BCUT2D eigenvalue weighted by Crippen LogP contribution is -2.29. The van der Waals surface area contributed by atoms with Gasteiger partial charge in [0.1, 0.15) is 0 Å². The second kappa shape index (κ2) is 8.15. The summed E-state index contributed by atoms with van der Waals surface area (Å²) in [5, 5.41) is 6.14. The molecule has 4 nitrogen and oxygen atoms in total. The van der Waals surface area contributed by atoms with Crippen molar-refractivity contribution in [2.24, 2.45) is 5.92 Å². The molecule has 19 heavy (non-hydrogen) atoms. The van der Waals surface area contributed by atoms with Gasteiger partial charge in [-0.3, -0.25) is 4.79 Å². The maximum atomic E-state index is 12.1.